The summed E-state index contributed by atoms with van der Waals surface area (Å²) < 4.78 is 23.8. The van der Waals surface area contributed by atoms with E-state index >= 15 is 0 Å². The van der Waals surface area contributed by atoms with Crippen molar-refractivity contribution in [1.29, 1.82) is 0 Å². The van der Waals surface area contributed by atoms with Gasteiger partial charge in [0, 0.05) is 11.6 Å². The molecule has 9 heteroatoms. The summed E-state index contributed by atoms with van der Waals surface area (Å²) in [6.45, 7) is 0.668. The molecule has 7 nitrogen and oxygen atoms in total. The van der Waals surface area contributed by atoms with E-state index in [9.17, 15) is 14.0 Å². The molecule has 0 saturated carbocycles. The van der Waals surface area contributed by atoms with Crippen molar-refractivity contribution in [2.24, 2.45) is 4.95 Å². The summed E-state index contributed by atoms with van der Waals surface area (Å²) in [6, 6.07) is 0. The maximum absolute atomic E-state index is 10.2. The second-order valence-electron chi connectivity index (χ2n) is 1.46. The minimum Gasteiger partial charge on any atom is -0.324 e. The molecule has 0 aromatic heterocycles. The van der Waals surface area contributed by atoms with Gasteiger partial charge in [0.05, 0.1) is 0 Å². The highest BCUT2D eigenvalue weighted by Gasteiger charge is 2.29. The van der Waals surface area contributed by atoms with Crippen LogP contribution in [-0.2, 0) is 13.4 Å². The predicted molar refractivity (Wildman–Crippen MR) is 32.5 cm³/mol. The Balaban J connectivity index is 4.31. The van der Waals surface area contributed by atoms with E-state index in [1.807, 2.05) is 0 Å². The Hall–Kier alpha value is -0.0600. The van der Waals surface area contributed by atoms with E-state index in [4.69, 9.17) is 9.79 Å². The Kier molecular flexibility index (Phi) is 2.88. The van der Waals surface area contributed by atoms with Gasteiger partial charge in [0.25, 0.3) is 0 Å². The van der Waals surface area contributed by atoms with Crippen LogP contribution < -0.4 is 0 Å². The molecule has 0 heterocycles. The molecular formula is CH5NO6P2. The normalized spacial score (nSPS) is 22.7. The third-order valence-electron chi connectivity index (χ3n) is 0.361. The fourth-order valence-corrected chi connectivity index (χ4v) is 1.91. The molecule has 0 amide bonds. The van der Waals surface area contributed by atoms with E-state index < -0.39 is 15.3 Å². The first-order valence-electron chi connectivity index (χ1n) is 1.96. The first kappa shape index (κ1) is 9.94. The Labute approximate surface area is 56.1 Å². The van der Waals surface area contributed by atoms with Gasteiger partial charge in [0.2, 0.25) is 0 Å². The second-order valence-corrected chi connectivity index (χ2v) is 4.86. The molecule has 0 aromatic carbocycles. The summed E-state index contributed by atoms with van der Waals surface area (Å²) in [5.41, 5.74) is 0. The molecule has 2 unspecified atom stereocenters. The van der Waals surface area contributed by atoms with Crippen LogP contribution in [0.25, 0.3) is 0 Å². The lowest BCUT2D eigenvalue weighted by atomic mass is 12.0. The van der Waals surface area contributed by atoms with Crippen LogP contribution in [0.3, 0.4) is 0 Å². The summed E-state index contributed by atoms with van der Waals surface area (Å²) in [5, 5.41) is 0. The fraction of sp³-hybridized carbons (Fsp3) is 1.00. The smallest absolute Gasteiger partial charge is 0.324 e. The number of nitroso groups, excluding NO2 is 1. The topological polar surface area (TPSA) is 113 Å². The van der Waals surface area contributed by atoms with Crippen LogP contribution in [0.1, 0.15) is 0 Å². The van der Waals surface area contributed by atoms with Gasteiger partial charge >= 0.3 is 15.3 Å². The quantitative estimate of drug-likeness (QED) is 0.498. The van der Waals surface area contributed by atoms with Gasteiger partial charge in [-0.1, -0.05) is 0 Å². The van der Waals surface area contributed by atoms with Crippen LogP contribution in [0.15, 0.2) is 4.95 Å². The van der Waals surface area contributed by atoms with Crippen LogP contribution in [0.5, 0.6) is 0 Å². The van der Waals surface area contributed by atoms with Crippen molar-refractivity contribution >= 4 is 15.3 Å². The molecule has 0 aliphatic rings. The first-order chi connectivity index (χ1) is 4.27. The van der Waals surface area contributed by atoms with Crippen molar-refractivity contribution in [3.63, 3.8) is 0 Å². The van der Waals surface area contributed by atoms with Crippen LogP contribution in [0, 0.1) is 4.91 Å². The third kappa shape index (κ3) is 4.78. The molecule has 2 N–H and O–H groups in total. The maximum Gasteiger partial charge on any atom is 0.494 e. The standard InChI is InChI=1S/CH5NO6P2/c1-9(4,5)8-10(6,7)2-3/h1H3,(H,4,5)(H,6,7). The predicted octanol–water partition coefficient (Wildman–Crippen LogP) is 0.685. The lowest BCUT2D eigenvalue weighted by molar-refractivity contribution is 0.337. The zero-order valence-corrected chi connectivity index (χ0v) is 6.66. The van der Waals surface area contributed by atoms with Crippen molar-refractivity contribution < 1.29 is 23.2 Å². The van der Waals surface area contributed by atoms with E-state index in [-0.39, 0.29) is 0 Å². The summed E-state index contributed by atoms with van der Waals surface area (Å²) in [7, 11) is -8.85. The molecule has 0 radical (unpaired) electrons. The van der Waals surface area contributed by atoms with Gasteiger partial charge < -0.3 is 9.79 Å². The second kappa shape index (κ2) is 2.90. The van der Waals surface area contributed by atoms with Gasteiger partial charge in [0.1, 0.15) is 0 Å². The zero-order chi connectivity index (χ0) is 8.41. The van der Waals surface area contributed by atoms with Crippen molar-refractivity contribution in [2.45, 2.75) is 0 Å². The third-order valence-corrected chi connectivity index (χ3v) is 2.63. The Bertz CT molecular complexity index is 216. The van der Waals surface area contributed by atoms with Gasteiger partial charge in [-0.05, 0) is 0 Å². The summed E-state index contributed by atoms with van der Waals surface area (Å²) >= 11 is 0. The fourth-order valence-electron chi connectivity index (χ4n) is 0.212. The highest BCUT2D eigenvalue weighted by Crippen LogP contribution is 2.57. The van der Waals surface area contributed by atoms with E-state index in [1.54, 1.807) is 4.95 Å². The Morgan fingerprint density at radius 1 is 1.40 bits per heavy atom. The van der Waals surface area contributed by atoms with Gasteiger partial charge in [-0.3, -0.25) is 4.57 Å². The van der Waals surface area contributed by atoms with Gasteiger partial charge in [-0.25, -0.2) is 8.88 Å². The van der Waals surface area contributed by atoms with Crippen LogP contribution in [-0.4, -0.2) is 16.5 Å². The molecule has 0 bridgehead atoms. The van der Waals surface area contributed by atoms with Crippen LogP contribution in [0.2, 0.25) is 0 Å². The average Bonchev–Trinajstić information content (AvgIpc) is 1.60. The van der Waals surface area contributed by atoms with Gasteiger partial charge in [-0.2, -0.15) is 0 Å². The average molecular weight is 189 g/mol. The number of hydrogen-bond acceptors (Lipinski definition) is 4. The molecule has 0 fully saturated rings. The molecule has 0 aliphatic heterocycles. The number of nitrogens with zero attached hydrogens (tertiary/aromatic N) is 1. The van der Waals surface area contributed by atoms with Gasteiger partial charge in [-0.15, -0.1) is 4.91 Å². The Morgan fingerprint density at radius 3 is 1.90 bits per heavy atom. The monoisotopic (exact) mass is 189 g/mol. The van der Waals surface area contributed by atoms with Crippen LogP contribution in [0.4, 0.5) is 0 Å². The molecule has 0 spiro atoms. The summed E-state index contributed by atoms with van der Waals surface area (Å²) in [5.74, 6) is 0. The summed E-state index contributed by atoms with van der Waals surface area (Å²) in [6.07, 6.45) is 0. The van der Waals surface area contributed by atoms with E-state index in [1.165, 1.54) is 0 Å². The lowest BCUT2D eigenvalue weighted by Gasteiger charge is -2.04. The van der Waals surface area contributed by atoms with E-state index in [0.717, 1.165) is 0 Å². The number of rotatable bonds is 3. The molecule has 10 heavy (non-hydrogen) atoms. The SMILES string of the molecule is CP(=O)(O)OP(=O)(O)N=O. The largest absolute Gasteiger partial charge is 0.494 e. The molecule has 0 aliphatic carbocycles. The highest BCUT2D eigenvalue weighted by molar-refractivity contribution is 7.65. The minimum absolute atomic E-state index is 0.668. The highest BCUT2D eigenvalue weighted by atomic mass is 31.3. The molecule has 60 valence electrons. The van der Waals surface area contributed by atoms with Crippen LogP contribution >= 0.6 is 15.3 Å². The minimum atomic E-state index is -4.74. The maximum atomic E-state index is 10.2. The summed E-state index contributed by atoms with van der Waals surface area (Å²) in [4.78, 5) is 27.5. The lowest BCUT2D eigenvalue weighted by Crippen LogP contribution is -1.82. The van der Waals surface area contributed by atoms with E-state index in [2.05, 4.69) is 4.31 Å². The molecule has 2 atom stereocenters. The molecule has 0 saturated heterocycles. The van der Waals surface area contributed by atoms with Crippen molar-refractivity contribution in [3.8, 4) is 0 Å². The van der Waals surface area contributed by atoms with Gasteiger partial charge in [0.15, 0.2) is 0 Å². The van der Waals surface area contributed by atoms with Crippen molar-refractivity contribution in [2.75, 3.05) is 6.66 Å². The van der Waals surface area contributed by atoms with Crippen molar-refractivity contribution in [1.82, 2.24) is 0 Å². The molecule has 0 rings (SSSR count). The van der Waals surface area contributed by atoms with Crippen molar-refractivity contribution in [3.05, 3.63) is 4.91 Å². The Morgan fingerprint density at radius 2 is 1.80 bits per heavy atom. The molecular weight excluding hydrogens is 184 g/mol. The zero-order valence-electron chi connectivity index (χ0n) is 4.87. The number of hydrogen-bond donors (Lipinski definition) is 2. The van der Waals surface area contributed by atoms with E-state index in [0.29, 0.717) is 6.66 Å². The first-order valence-corrected chi connectivity index (χ1v) is 5.52. The molecule has 0 aromatic rings.